The Balaban J connectivity index is 1.74. The van der Waals surface area contributed by atoms with Gasteiger partial charge in [-0.1, -0.05) is 0 Å². The van der Waals surface area contributed by atoms with Crippen molar-refractivity contribution in [2.75, 3.05) is 6.54 Å². The Hall–Kier alpha value is -3.29. The SMILES string of the molecule is Cc1ccn(-c2ccc(F)cc2)c(=O)c1C(=O)NCCCn1cnnc1. The van der Waals surface area contributed by atoms with E-state index in [9.17, 15) is 14.0 Å². The summed E-state index contributed by atoms with van der Waals surface area (Å²) < 4.78 is 16.2. The van der Waals surface area contributed by atoms with Gasteiger partial charge in [0.25, 0.3) is 11.5 Å². The van der Waals surface area contributed by atoms with E-state index in [-0.39, 0.29) is 11.4 Å². The first-order valence-corrected chi connectivity index (χ1v) is 8.15. The number of amides is 1. The highest BCUT2D eigenvalue weighted by Crippen LogP contribution is 2.09. The molecule has 0 saturated carbocycles. The molecule has 8 heteroatoms. The fraction of sp³-hybridized carbons (Fsp3) is 0.222. The van der Waals surface area contributed by atoms with Gasteiger partial charge in [-0.15, -0.1) is 10.2 Å². The number of benzene rings is 1. The van der Waals surface area contributed by atoms with Crippen LogP contribution in [0.15, 0.2) is 54.0 Å². The molecular weight excluding hydrogens is 337 g/mol. The van der Waals surface area contributed by atoms with E-state index >= 15 is 0 Å². The molecule has 0 spiro atoms. The summed E-state index contributed by atoms with van der Waals surface area (Å²) >= 11 is 0. The third kappa shape index (κ3) is 3.85. The van der Waals surface area contributed by atoms with Crippen LogP contribution >= 0.6 is 0 Å². The molecular formula is C18H18FN5O2. The zero-order chi connectivity index (χ0) is 18.5. The standard InChI is InChI=1S/C18H18FN5O2/c1-13-7-10-24(15-5-3-14(19)4-6-15)18(26)16(13)17(25)20-8-2-9-23-11-21-22-12-23/h3-7,10-12H,2,8-9H2,1H3,(H,20,25). The molecule has 0 bridgehead atoms. The normalized spacial score (nSPS) is 10.7. The number of aryl methyl sites for hydroxylation is 2. The first kappa shape index (κ1) is 17.5. The molecule has 0 aliphatic heterocycles. The van der Waals surface area contributed by atoms with Crippen LogP contribution in [-0.2, 0) is 6.54 Å². The molecule has 7 nitrogen and oxygen atoms in total. The van der Waals surface area contributed by atoms with E-state index in [1.165, 1.54) is 28.8 Å². The van der Waals surface area contributed by atoms with Gasteiger partial charge in [0.05, 0.1) is 0 Å². The second-order valence-corrected chi connectivity index (χ2v) is 5.83. The molecule has 3 aromatic rings. The van der Waals surface area contributed by atoms with Gasteiger partial charge in [-0.2, -0.15) is 0 Å². The number of halogens is 1. The van der Waals surface area contributed by atoms with Crippen LogP contribution in [0.2, 0.25) is 0 Å². The summed E-state index contributed by atoms with van der Waals surface area (Å²) in [6.45, 7) is 2.80. The fourth-order valence-corrected chi connectivity index (χ4v) is 2.60. The summed E-state index contributed by atoms with van der Waals surface area (Å²) in [6.07, 6.45) is 5.46. The number of aromatic nitrogens is 4. The van der Waals surface area contributed by atoms with Gasteiger partial charge >= 0.3 is 0 Å². The Morgan fingerprint density at radius 2 is 1.85 bits per heavy atom. The molecule has 0 aliphatic carbocycles. The summed E-state index contributed by atoms with van der Waals surface area (Å²) in [5, 5.41) is 10.2. The largest absolute Gasteiger partial charge is 0.352 e. The van der Waals surface area contributed by atoms with Crippen molar-refractivity contribution in [2.45, 2.75) is 19.9 Å². The van der Waals surface area contributed by atoms with E-state index in [1.807, 2.05) is 0 Å². The second kappa shape index (κ2) is 7.73. The van der Waals surface area contributed by atoms with Gasteiger partial charge < -0.3 is 9.88 Å². The molecule has 1 N–H and O–H groups in total. The molecule has 0 atom stereocenters. The average Bonchev–Trinajstić information content (AvgIpc) is 3.13. The Labute approximate surface area is 149 Å². The average molecular weight is 355 g/mol. The van der Waals surface area contributed by atoms with E-state index in [1.54, 1.807) is 36.4 Å². The van der Waals surface area contributed by atoms with Crippen molar-refractivity contribution in [1.82, 2.24) is 24.6 Å². The molecule has 1 aromatic carbocycles. The van der Waals surface area contributed by atoms with E-state index in [4.69, 9.17) is 0 Å². The number of nitrogens with zero attached hydrogens (tertiary/aromatic N) is 4. The Morgan fingerprint density at radius 3 is 2.54 bits per heavy atom. The Bertz CT molecular complexity index is 949. The van der Waals surface area contributed by atoms with Gasteiger partial charge in [-0.25, -0.2) is 4.39 Å². The molecule has 0 saturated heterocycles. The maximum Gasteiger partial charge on any atom is 0.268 e. The monoisotopic (exact) mass is 355 g/mol. The summed E-state index contributed by atoms with van der Waals surface area (Å²) in [6, 6.07) is 7.22. The van der Waals surface area contributed by atoms with Crippen molar-refractivity contribution in [3.05, 3.63) is 76.5 Å². The van der Waals surface area contributed by atoms with Crippen LogP contribution in [0.5, 0.6) is 0 Å². The van der Waals surface area contributed by atoms with E-state index in [0.717, 1.165) is 0 Å². The van der Waals surface area contributed by atoms with Crippen LogP contribution in [0.3, 0.4) is 0 Å². The van der Waals surface area contributed by atoms with Crippen LogP contribution in [0.25, 0.3) is 5.69 Å². The minimum Gasteiger partial charge on any atom is -0.352 e. The molecule has 134 valence electrons. The van der Waals surface area contributed by atoms with Gasteiger partial charge in [-0.05, 0) is 49.2 Å². The number of hydrogen-bond donors (Lipinski definition) is 1. The van der Waals surface area contributed by atoms with Crippen LogP contribution in [0, 0.1) is 12.7 Å². The first-order valence-electron chi connectivity index (χ1n) is 8.15. The highest BCUT2D eigenvalue weighted by atomic mass is 19.1. The van der Waals surface area contributed by atoms with Crippen molar-refractivity contribution in [2.24, 2.45) is 0 Å². The van der Waals surface area contributed by atoms with Crippen LogP contribution in [-0.4, -0.2) is 31.8 Å². The number of rotatable bonds is 6. The third-order valence-corrected chi connectivity index (χ3v) is 3.98. The van der Waals surface area contributed by atoms with Crippen molar-refractivity contribution < 1.29 is 9.18 Å². The number of nitrogens with one attached hydrogen (secondary N) is 1. The minimum atomic E-state index is -0.437. The Morgan fingerprint density at radius 1 is 1.15 bits per heavy atom. The lowest BCUT2D eigenvalue weighted by atomic mass is 10.1. The maximum absolute atomic E-state index is 13.1. The zero-order valence-electron chi connectivity index (χ0n) is 14.2. The second-order valence-electron chi connectivity index (χ2n) is 5.83. The number of pyridine rings is 1. The molecule has 0 fully saturated rings. The zero-order valence-corrected chi connectivity index (χ0v) is 14.2. The van der Waals surface area contributed by atoms with Crippen LogP contribution in [0.1, 0.15) is 22.3 Å². The van der Waals surface area contributed by atoms with Crippen molar-refractivity contribution in [3.63, 3.8) is 0 Å². The molecule has 2 aromatic heterocycles. The molecule has 0 aliphatic rings. The Kier molecular flexibility index (Phi) is 5.21. The van der Waals surface area contributed by atoms with Crippen molar-refractivity contribution >= 4 is 5.91 Å². The number of carbonyl (C=O) groups excluding carboxylic acids is 1. The third-order valence-electron chi connectivity index (χ3n) is 3.98. The highest BCUT2D eigenvalue weighted by Gasteiger charge is 2.16. The highest BCUT2D eigenvalue weighted by molar-refractivity contribution is 5.95. The predicted molar refractivity (Wildman–Crippen MR) is 93.7 cm³/mol. The first-order chi connectivity index (χ1) is 12.6. The van der Waals surface area contributed by atoms with Crippen LogP contribution < -0.4 is 10.9 Å². The topological polar surface area (TPSA) is 81.8 Å². The predicted octanol–water partition coefficient (Wildman–Crippen LogP) is 1.70. The quantitative estimate of drug-likeness (QED) is 0.683. The molecule has 3 rings (SSSR count). The van der Waals surface area contributed by atoms with Crippen molar-refractivity contribution in [1.29, 1.82) is 0 Å². The molecule has 1 amide bonds. The lowest BCUT2D eigenvalue weighted by molar-refractivity contribution is 0.0950. The van der Waals surface area contributed by atoms with Gasteiger partial charge in [0.15, 0.2) is 0 Å². The fourth-order valence-electron chi connectivity index (χ4n) is 2.60. The lowest BCUT2D eigenvalue weighted by Gasteiger charge is -2.11. The summed E-state index contributed by atoms with van der Waals surface area (Å²) in [7, 11) is 0. The van der Waals surface area contributed by atoms with Gasteiger partial charge in [0.2, 0.25) is 0 Å². The molecule has 26 heavy (non-hydrogen) atoms. The van der Waals surface area contributed by atoms with Crippen LogP contribution in [0.4, 0.5) is 4.39 Å². The van der Waals surface area contributed by atoms with E-state index < -0.39 is 11.5 Å². The summed E-state index contributed by atoms with van der Waals surface area (Å²) in [5.41, 5.74) is 0.733. The van der Waals surface area contributed by atoms with Gasteiger partial charge in [-0.3, -0.25) is 14.2 Å². The summed E-state index contributed by atoms with van der Waals surface area (Å²) in [5.74, 6) is -0.812. The van der Waals surface area contributed by atoms with E-state index in [2.05, 4.69) is 15.5 Å². The molecule has 0 unspecified atom stereocenters. The maximum atomic E-state index is 13.1. The van der Waals surface area contributed by atoms with Crippen molar-refractivity contribution in [3.8, 4) is 5.69 Å². The van der Waals surface area contributed by atoms with Gasteiger partial charge in [0.1, 0.15) is 24.0 Å². The molecule has 2 heterocycles. The summed E-state index contributed by atoms with van der Waals surface area (Å²) in [4.78, 5) is 25.2. The number of hydrogen-bond acceptors (Lipinski definition) is 4. The number of carbonyl (C=O) groups is 1. The van der Waals surface area contributed by atoms with Gasteiger partial charge in [0, 0.05) is 25.0 Å². The smallest absolute Gasteiger partial charge is 0.268 e. The minimum absolute atomic E-state index is 0.0844. The molecule has 0 radical (unpaired) electrons. The lowest BCUT2D eigenvalue weighted by Crippen LogP contribution is -2.34. The van der Waals surface area contributed by atoms with E-state index in [0.29, 0.717) is 30.8 Å².